The number of rotatable bonds is 7. The molecule has 1 fully saturated rings. The van der Waals surface area contributed by atoms with Crippen LogP contribution in [-0.4, -0.2) is 34.4 Å². The highest BCUT2D eigenvalue weighted by Crippen LogP contribution is 2.24. The molecule has 1 aliphatic carbocycles. The Morgan fingerprint density at radius 2 is 1.75 bits per heavy atom. The second kappa shape index (κ2) is 6.02. The molecule has 1 aromatic rings. The molecule has 2 rings (SSSR count). The SMILES string of the molecule is NS(=O)(=O)CCSc1ccc(S(=O)(=O)NC2CC2)cc1. The van der Waals surface area contributed by atoms with E-state index in [4.69, 9.17) is 5.14 Å². The summed E-state index contributed by atoms with van der Waals surface area (Å²) >= 11 is 1.32. The van der Waals surface area contributed by atoms with Gasteiger partial charge < -0.3 is 0 Å². The number of hydrogen-bond acceptors (Lipinski definition) is 5. The van der Waals surface area contributed by atoms with E-state index in [1.165, 1.54) is 23.9 Å². The van der Waals surface area contributed by atoms with Crippen LogP contribution in [-0.2, 0) is 20.0 Å². The first-order chi connectivity index (χ1) is 9.26. The van der Waals surface area contributed by atoms with Crippen molar-refractivity contribution in [1.29, 1.82) is 0 Å². The standard InChI is InChI=1S/C11H16N2O4S3/c12-19(14,15)8-7-18-10-3-5-11(6-4-10)20(16,17)13-9-1-2-9/h3-6,9,13H,1-2,7-8H2,(H2,12,14,15). The highest BCUT2D eigenvalue weighted by atomic mass is 32.2. The van der Waals surface area contributed by atoms with Crippen molar-refractivity contribution in [3.05, 3.63) is 24.3 Å². The zero-order valence-electron chi connectivity index (χ0n) is 10.7. The van der Waals surface area contributed by atoms with Gasteiger partial charge in [0.2, 0.25) is 20.0 Å². The summed E-state index contributed by atoms with van der Waals surface area (Å²) in [6, 6.07) is 6.43. The van der Waals surface area contributed by atoms with E-state index < -0.39 is 20.0 Å². The summed E-state index contributed by atoms with van der Waals surface area (Å²) in [5.74, 6) is 0.228. The van der Waals surface area contributed by atoms with Gasteiger partial charge in [-0.1, -0.05) is 0 Å². The summed E-state index contributed by atoms with van der Waals surface area (Å²) in [6.07, 6.45) is 1.78. The second-order valence-corrected chi connectivity index (χ2v) is 9.20. The van der Waals surface area contributed by atoms with E-state index in [1.807, 2.05) is 0 Å². The molecule has 0 spiro atoms. The molecule has 3 N–H and O–H groups in total. The van der Waals surface area contributed by atoms with Crippen LogP contribution in [0.25, 0.3) is 0 Å². The monoisotopic (exact) mass is 336 g/mol. The van der Waals surface area contributed by atoms with Crippen molar-refractivity contribution in [3.8, 4) is 0 Å². The maximum atomic E-state index is 11.9. The van der Waals surface area contributed by atoms with E-state index in [2.05, 4.69) is 4.72 Å². The summed E-state index contributed by atoms with van der Waals surface area (Å²) < 4.78 is 48.0. The van der Waals surface area contributed by atoms with Gasteiger partial charge in [0.25, 0.3) is 0 Å². The molecule has 0 unspecified atom stereocenters. The lowest BCUT2D eigenvalue weighted by Gasteiger charge is -2.06. The zero-order chi connectivity index (χ0) is 14.8. The Morgan fingerprint density at radius 3 is 2.25 bits per heavy atom. The first kappa shape index (κ1) is 15.8. The smallest absolute Gasteiger partial charge is 0.229 e. The molecule has 20 heavy (non-hydrogen) atoms. The van der Waals surface area contributed by atoms with Crippen molar-refractivity contribution in [3.63, 3.8) is 0 Å². The number of benzene rings is 1. The quantitative estimate of drug-likeness (QED) is 0.706. The highest BCUT2D eigenvalue weighted by molar-refractivity contribution is 8.00. The van der Waals surface area contributed by atoms with E-state index in [0.29, 0.717) is 5.75 Å². The number of hydrogen-bond donors (Lipinski definition) is 2. The van der Waals surface area contributed by atoms with Gasteiger partial charge in [0.15, 0.2) is 0 Å². The van der Waals surface area contributed by atoms with Crippen LogP contribution < -0.4 is 9.86 Å². The Labute approximate surface area is 123 Å². The van der Waals surface area contributed by atoms with E-state index in [9.17, 15) is 16.8 Å². The molecule has 0 atom stereocenters. The van der Waals surface area contributed by atoms with Crippen molar-refractivity contribution >= 4 is 31.8 Å². The van der Waals surface area contributed by atoms with Crippen molar-refractivity contribution < 1.29 is 16.8 Å². The van der Waals surface area contributed by atoms with E-state index in [0.717, 1.165) is 17.7 Å². The van der Waals surface area contributed by atoms with Crippen LogP contribution in [0.1, 0.15) is 12.8 Å². The molecule has 6 nitrogen and oxygen atoms in total. The molecule has 0 aliphatic heterocycles. The Morgan fingerprint density at radius 1 is 1.15 bits per heavy atom. The average Bonchev–Trinajstić information content (AvgIpc) is 3.11. The Hall–Kier alpha value is -0.610. The Kier molecular flexibility index (Phi) is 4.75. The Balaban J connectivity index is 1.95. The third kappa shape index (κ3) is 5.06. The average molecular weight is 336 g/mol. The van der Waals surface area contributed by atoms with Crippen LogP contribution in [0.4, 0.5) is 0 Å². The van der Waals surface area contributed by atoms with Crippen molar-refractivity contribution in [2.45, 2.75) is 28.7 Å². The van der Waals surface area contributed by atoms with Crippen molar-refractivity contribution in [2.75, 3.05) is 11.5 Å². The molecule has 0 heterocycles. The molecule has 0 bridgehead atoms. The lowest BCUT2D eigenvalue weighted by atomic mass is 10.4. The summed E-state index contributed by atoms with van der Waals surface area (Å²) in [7, 11) is -6.89. The van der Waals surface area contributed by atoms with Gasteiger partial charge in [0, 0.05) is 16.7 Å². The molecular weight excluding hydrogens is 320 g/mol. The molecular formula is C11H16N2O4S3. The van der Waals surface area contributed by atoms with Crippen molar-refractivity contribution in [1.82, 2.24) is 4.72 Å². The normalized spacial score (nSPS) is 16.2. The Bertz CT molecular complexity index is 664. The summed E-state index contributed by atoms with van der Waals surface area (Å²) in [6.45, 7) is 0. The molecule has 9 heteroatoms. The van der Waals surface area contributed by atoms with Crippen LogP contribution in [0.15, 0.2) is 34.1 Å². The van der Waals surface area contributed by atoms with Crippen molar-refractivity contribution in [2.24, 2.45) is 5.14 Å². The minimum absolute atomic E-state index is 0.0730. The fraction of sp³-hybridized carbons (Fsp3) is 0.455. The molecule has 1 saturated carbocycles. The second-order valence-electron chi connectivity index (χ2n) is 4.58. The predicted octanol–water partition coefficient (Wildman–Crippen LogP) is 0.508. The number of thioether (sulfide) groups is 1. The number of nitrogens with two attached hydrogens (primary N) is 1. The first-order valence-electron chi connectivity index (χ1n) is 6.02. The fourth-order valence-electron chi connectivity index (χ4n) is 1.48. The van der Waals surface area contributed by atoms with Crippen LogP contribution in [0.2, 0.25) is 0 Å². The number of sulfonamides is 2. The van der Waals surface area contributed by atoms with E-state index >= 15 is 0 Å². The summed E-state index contributed by atoms with van der Waals surface area (Å²) in [5, 5.41) is 4.90. The van der Waals surface area contributed by atoms with E-state index in [1.54, 1.807) is 12.1 Å². The van der Waals surface area contributed by atoms with Crippen LogP contribution in [0.5, 0.6) is 0 Å². The first-order valence-corrected chi connectivity index (χ1v) is 10.2. The van der Waals surface area contributed by atoms with Gasteiger partial charge in [-0.25, -0.2) is 26.7 Å². The summed E-state index contributed by atoms with van der Waals surface area (Å²) in [5.41, 5.74) is 0. The number of primary sulfonamides is 1. The molecule has 0 radical (unpaired) electrons. The topological polar surface area (TPSA) is 106 Å². The number of nitrogens with one attached hydrogen (secondary N) is 1. The third-order valence-corrected chi connectivity index (χ3v) is 6.25. The van der Waals surface area contributed by atoms with Gasteiger partial charge >= 0.3 is 0 Å². The largest absolute Gasteiger partial charge is 0.240 e. The van der Waals surface area contributed by atoms with Gasteiger partial charge in [-0.05, 0) is 37.1 Å². The lowest BCUT2D eigenvalue weighted by Crippen LogP contribution is -2.25. The molecule has 0 saturated heterocycles. The maximum Gasteiger partial charge on any atom is 0.240 e. The summed E-state index contributed by atoms with van der Waals surface area (Å²) in [4.78, 5) is 1.03. The van der Waals surface area contributed by atoms with Gasteiger partial charge in [-0.3, -0.25) is 0 Å². The lowest BCUT2D eigenvalue weighted by molar-refractivity contribution is 0.581. The van der Waals surface area contributed by atoms with Crippen LogP contribution in [0, 0.1) is 0 Å². The molecule has 0 amide bonds. The predicted molar refractivity (Wildman–Crippen MR) is 78.5 cm³/mol. The van der Waals surface area contributed by atoms with Gasteiger partial charge in [-0.2, -0.15) is 0 Å². The highest BCUT2D eigenvalue weighted by Gasteiger charge is 2.27. The minimum atomic E-state index is -3.46. The van der Waals surface area contributed by atoms with Crippen LogP contribution in [0.3, 0.4) is 0 Å². The van der Waals surface area contributed by atoms with Crippen LogP contribution >= 0.6 is 11.8 Å². The fourth-order valence-corrected chi connectivity index (χ4v) is 4.61. The van der Waals surface area contributed by atoms with Gasteiger partial charge in [0.05, 0.1) is 10.6 Å². The zero-order valence-corrected chi connectivity index (χ0v) is 13.1. The maximum absolute atomic E-state index is 11.9. The van der Waals surface area contributed by atoms with Gasteiger partial charge in [-0.15, -0.1) is 11.8 Å². The van der Waals surface area contributed by atoms with E-state index in [-0.39, 0.29) is 16.7 Å². The van der Waals surface area contributed by atoms with Gasteiger partial charge in [0.1, 0.15) is 0 Å². The molecule has 112 valence electrons. The molecule has 1 aliphatic rings. The molecule has 0 aromatic heterocycles. The minimum Gasteiger partial charge on any atom is -0.229 e. The third-order valence-electron chi connectivity index (χ3n) is 2.67. The molecule has 1 aromatic carbocycles.